The van der Waals surface area contributed by atoms with Crippen molar-refractivity contribution in [2.24, 2.45) is 0 Å². The third-order valence-electron chi connectivity index (χ3n) is 5.32. The molecule has 0 aliphatic carbocycles. The van der Waals surface area contributed by atoms with Crippen molar-refractivity contribution in [3.8, 4) is 5.75 Å². The van der Waals surface area contributed by atoms with Crippen molar-refractivity contribution in [2.45, 2.75) is 26.3 Å². The van der Waals surface area contributed by atoms with E-state index < -0.39 is 0 Å². The zero-order chi connectivity index (χ0) is 22.9. The third kappa shape index (κ3) is 6.08. The minimum absolute atomic E-state index is 0.107. The second kappa shape index (κ2) is 11.3. The van der Waals surface area contributed by atoms with E-state index in [0.29, 0.717) is 18.0 Å². The molecule has 0 bridgehead atoms. The Bertz CT molecular complexity index is 1060. The Morgan fingerprint density at radius 3 is 2.41 bits per heavy atom. The number of nitrogens with zero attached hydrogens (tertiary/aromatic N) is 1. The molecule has 0 spiro atoms. The maximum Gasteiger partial charge on any atom is 0.238 e. The fourth-order valence-corrected chi connectivity index (χ4v) is 3.87. The molecular weight excluding hydrogens is 402 g/mol. The summed E-state index contributed by atoms with van der Waals surface area (Å²) in [5.41, 5.74) is 1.69. The Morgan fingerprint density at radius 1 is 0.938 bits per heavy atom. The number of amides is 2. The summed E-state index contributed by atoms with van der Waals surface area (Å²) in [5.74, 6) is 0.311. The van der Waals surface area contributed by atoms with Crippen molar-refractivity contribution in [3.05, 3.63) is 72.3 Å². The van der Waals surface area contributed by atoms with Crippen molar-refractivity contribution in [1.82, 2.24) is 10.2 Å². The molecule has 2 amide bonds. The van der Waals surface area contributed by atoms with E-state index in [0.717, 1.165) is 22.8 Å². The molecule has 32 heavy (non-hydrogen) atoms. The third-order valence-corrected chi connectivity index (χ3v) is 5.32. The minimum atomic E-state index is -0.183. The molecule has 0 radical (unpaired) electrons. The highest BCUT2D eigenvalue weighted by atomic mass is 16.5. The predicted octanol–water partition coefficient (Wildman–Crippen LogP) is 4.38. The van der Waals surface area contributed by atoms with Crippen LogP contribution in [0.25, 0.3) is 10.8 Å². The fraction of sp³-hybridized carbons (Fsp3) is 0.308. The Balaban J connectivity index is 1.61. The fourth-order valence-electron chi connectivity index (χ4n) is 3.87. The summed E-state index contributed by atoms with van der Waals surface area (Å²) in [6.07, 6.45) is 0.841. The molecule has 168 valence electrons. The monoisotopic (exact) mass is 433 g/mol. The van der Waals surface area contributed by atoms with Gasteiger partial charge in [-0.1, -0.05) is 61.5 Å². The highest BCUT2D eigenvalue weighted by molar-refractivity contribution is 5.94. The molecule has 1 atom stereocenters. The van der Waals surface area contributed by atoms with Crippen LogP contribution in [0.5, 0.6) is 5.75 Å². The summed E-state index contributed by atoms with van der Waals surface area (Å²) >= 11 is 0. The lowest BCUT2D eigenvalue weighted by atomic mass is 10.00. The first-order valence-corrected chi connectivity index (χ1v) is 10.9. The summed E-state index contributed by atoms with van der Waals surface area (Å²) in [7, 11) is 1.57. The molecule has 0 aliphatic heterocycles. The maximum atomic E-state index is 12.8. The first-order chi connectivity index (χ1) is 15.5. The topological polar surface area (TPSA) is 70.7 Å². The Kier molecular flexibility index (Phi) is 8.22. The highest BCUT2D eigenvalue weighted by Crippen LogP contribution is 2.24. The summed E-state index contributed by atoms with van der Waals surface area (Å²) in [6, 6.07) is 21.4. The molecule has 3 rings (SSSR count). The number of benzene rings is 3. The number of hydrogen-bond donors (Lipinski definition) is 2. The number of fused-ring (bicyclic) bond motifs is 1. The van der Waals surface area contributed by atoms with Crippen LogP contribution in [0.3, 0.4) is 0 Å². The van der Waals surface area contributed by atoms with Gasteiger partial charge in [-0.25, -0.2) is 0 Å². The van der Waals surface area contributed by atoms with E-state index in [4.69, 9.17) is 4.74 Å². The number of hydrogen-bond acceptors (Lipinski definition) is 4. The molecule has 3 aromatic rings. The second-order valence-electron chi connectivity index (χ2n) is 7.82. The van der Waals surface area contributed by atoms with Gasteiger partial charge in [0.1, 0.15) is 5.75 Å². The van der Waals surface area contributed by atoms with E-state index in [1.165, 1.54) is 0 Å². The largest absolute Gasteiger partial charge is 0.495 e. The van der Waals surface area contributed by atoms with Crippen molar-refractivity contribution < 1.29 is 14.3 Å². The summed E-state index contributed by atoms with van der Waals surface area (Å²) < 4.78 is 5.29. The molecule has 1 unspecified atom stereocenters. The normalized spacial score (nSPS) is 11.9. The molecule has 0 saturated carbocycles. The average molecular weight is 434 g/mol. The number of carbonyl (C=O) groups is 2. The van der Waals surface area contributed by atoms with Crippen molar-refractivity contribution in [1.29, 1.82) is 0 Å². The average Bonchev–Trinajstić information content (AvgIpc) is 2.79. The van der Waals surface area contributed by atoms with E-state index in [1.807, 2.05) is 55.1 Å². The lowest BCUT2D eigenvalue weighted by Gasteiger charge is -2.23. The van der Waals surface area contributed by atoms with Crippen LogP contribution >= 0.6 is 0 Å². The summed E-state index contributed by atoms with van der Waals surface area (Å²) in [6.45, 7) is 4.94. The predicted molar refractivity (Wildman–Crippen MR) is 129 cm³/mol. The van der Waals surface area contributed by atoms with Gasteiger partial charge in [0.15, 0.2) is 0 Å². The van der Waals surface area contributed by atoms with Crippen LogP contribution in [0.15, 0.2) is 66.7 Å². The standard InChI is InChI=1S/C26H31N3O3/c1-4-16-29(18-26(31)28-23-14-7-8-15-24(23)32-3)17-25(30)27-19(2)21-13-9-11-20-10-5-6-12-22(20)21/h5-15,19H,4,16-18H2,1-3H3,(H,27,30)(H,28,31). The Morgan fingerprint density at radius 2 is 1.62 bits per heavy atom. The Hall–Kier alpha value is -3.38. The van der Waals surface area contributed by atoms with Crippen molar-refractivity contribution in [2.75, 3.05) is 32.1 Å². The van der Waals surface area contributed by atoms with E-state index in [2.05, 4.69) is 28.8 Å². The maximum absolute atomic E-state index is 12.8. The Labute approximate surface area is 189 Å². The molecule has 0 saturated heterocycles. The molecule has 0 heterocycles. The molecule has 6 nitrogen and oxygen atoms in total. The molecule has 0 aromatic heterocycles. The van der Waals surface area contributed by atoms with Crippen LogP contribution in [-0.2, 0) is 9.59 Å². The molecule has 0 aliphatic rings. The smallest absolute Gasteiger partial charge is 0.238 e. The zero-order valence-corrected chi connectivity index (χ0v) is 18.9. The molecule has 3 aromatic carbocycles. The minimum Gasteiger partial charge on any atom is -0.495 e. The van der Waals surface area contributed by atoms with Crippen LogP contribution in [0.4, 0.5) is 5.69 Å². The molecular formula is C26H31N3O3. The number of ether oxygens (including phenoxy) is 1. The van der Waals surface area contributed by atoms with Crippen LogP contribution < -0.4 is 15.4 Å². The van der Waals surface area contributed by atoms with Crippen molar-refractivity contribution in [3.63, 3.8) is 0 Å². The summed E-state index contributed by atoms with van der Waals surface area (Å²) in [4.78, 5) is 27.2. The van der Waals surface area contributed by atoms with Gasteiger partial charge in [0.2, 0.25) is 11.8 Å². The number of nitrogens with one attached hydrogen (secondary N) is 2. The van der Waals surface area contributed by atoms with Gasteiger partial charge in [-0.05, 0) is 48.4 Å². The van der Waals surface area contributed by atoms with E-state index in [9.17, 15) is 9.59 Å². The van der Waals surface area contributed by atoms with Crippen LogP contribution in [0, 0.1) is 0 Å². The number of methoxy groups -OCH3 is 1. The molecule has 0 fully saturated rings. The van der Waals surface area contributed by atoms with E-state index in [1.54, 1.807) is 19.2 Å². The molecule has 6 heteroatoms. The quantitative estimate of drug-likeness (QED) is 0.498. The van der Waals surface area contributed by atoms with Gasteiger partial charge >= 0.3 is 0 Å². The highest BCUT2D eigenvalue weighted by Gasteiger charge is 2.18. The zero-order valence-electron chi connectivity index (χ0n) is 18.9. The van der Waals surface area contributed by atoms with Gasteiger partial charge < -0.3 is 15.4 Å². The number of para-hydroxylation sites is 2. The van der Waals surface area contributed by atoms with E-state index >= 15 is 0 Å². The van der Waals surface area contributed by atoms with Crippen LogP contribution in [-0.4, -0.2) is 43.5 Å². The molecule has 2 N–H and O–H groups in total. The van der Waals surface area contributed by atoms with E-state index in [-0.39, 0.29) is 30.9 Å². The van der Waals surface area contributed by atoms with Gasteiger partial charge in [-0.2, -0.15) is 0 Å². The van der Waals surface area contributed by atoms with Crippen LogP contribution in [0.1, 0.15) is 31.9 Å². The van der Waals surface area contributed by atoms with Gasteiger partial charge in [-0.3, -0.25) is 14.5 Å². The number of carbonyl (C=O) groups excluding carboxylic acids is 2. The second-order valence-corrected chi connectivity index (χ2v) is 7.82. The number of anilines is 1. The lowest BCUT2D eigenvalue weighted by molar-refractivity contribution is -0.124. The van der Waals surface area contributed by atoms with Crippen LogP contribution in [0.2, 0.25) is 0 Å². The van der Waals surface area contributed by atoms with Gasteiger partial charge in [0.05, 0.1) is 31.9 Å². The van der Waals surface area contributed by atoms with Gasteiger partial charge in [0.25, 0.3) is 0 Å². The summed E-state index contributed by atoms with van der Waals surface area (Å²) in [5, 5.41) is 8.23. The first kappa shape index (κ1) is 23.3. The lowest BCUT2D eigenvalue weighted by Crippen LogP contribution is -2.42. The number of rotatable bonds is 10. The SMILES string of the molecule is CCCN(CC(=O)Nc1ccccc1OC)CC(=O)NC(C)c1cccc2ccccc12. The van der Waals surface area contributed by atoms with Gasteiger partial charge in [-0.15, -0.1) is 0 Å². The van der Waals surface area contributed by atoms with Crippen molar-refractivity contribution >= 4 is 28.3 Å². The first-order valence-electron chi connectivity index (χ1n) is 10.9. The van der Waals surface area contributed by atoms with Gasteiger partial charge in [0, 0.05) is 0 Å².